The molecule has 0 aliphatic carbocycles. The van der Waals surface area contributed by atoms with E-state index in [9.17, 15) is 4.79 Å². The molecule has 3 nitrogen and oxygen atoms in total. The van der Waals surface area contributed by atoms with Crippen molar-refractivity contribution in [2.75, 3.05) is 33.2 Å². The number of nitrogens with zero attached hydrogens (tertiary/aromatic N) is 2. The summed E-state index contributed by atoms with van der Waals surface area (Å²) in [6, 6.07) is 4.21. The standard InChI is InChI=1S/C14H21ClN2OS/c1-3-17-8-4-5-11(17)9-16(2)10-12(18)13-6-7-14(15)19-13/h6-7,11H,3-5,8-10H2,1-2H3. The number of carbonyl (C=O) groups excluding carboxylic acids is 1. The van der Waals surface area contributed by atoms with Gasteiger partial charge < -0.3 is 0 Å². The van der Waals surface area contributed by atoms with E-state index in [-0.39, 0.29) is 5.78 Å². The monoisotopic (exact) mass is 300 g/mol. The zero-order valence-electron chi connectivity index (χ0n) is 11.6. The Morgan fingerprint density at radius 1 is 1.58 bits per heavy atom. The highest BCUT2D eigenvalue weighted by molar-refractivity contribution is 7.18. The first-order valence-electron chi connectivity index (χ1n) is 6.81. The van der Waals surface area contributed by atoms with Crippen LogP contribution in [-0.4, -0.2) is 54.9 Å². The number of likely N-dealkylation sites (tertiary alicyclic amines) is 1. The summed E-state index contributed by atoms with van der Waals surface area (Å²) in [7, 11) is 2.03. The molecule has 1 atom stereocenters. The Balaban J connectivity index is 1.84. The Morgan fingerprint density at radius 2 is 2.37 bits per heavy atom. The maximum Gasteiger partial charge on any atom is 0.186 e. The zero-order valence-corrected chi connectivity index (χ0v) is 13.1. The first-order chi connectivity index (χ1) is 9.10. The SMILES string of the molecule is CCN1CCCC1CN(C)CC(=O)c1ccc(Cl)s1. The highest BCUT2D eigenvalue weighted by Crippen LogP contribution is 2.22. The van der Waals surface area contributed by atoms with Crippen molar-refractivity contribution >= 4 is 28.7 Å². The molecule has 5 heteroatoms. The van der Waals surface area contributed by atoms with Crippen molar-refractivity contribution in [1.29, 1.82) is 0 Å². The predicted octanol–water partition coefficient (Wildman–Crippen LogP) is 3.00. The third kappa shape index (κ3) is 4.02. The number of thiophene rings is 1. The fraction of sp³-hybridized carbons (Fsp3) is 0.643. The lowest BCUT2D eigenvalue weighted by Gasteiger charge is -2.27. The second-order valence-corrected chi connectivity index (χ2v) is 6.86. The van der Waals surface area contributed by atoms with Gasteiger partial charge in [-0.3, -0.25) is 14.6 Å². The van der Waals surface area contributed by atoms with E-state index in [2.05, 4.69) is 16.7 Å². The van der Waals surface area contributed by atoms with Crippen molar-refractivity contribution in [3.05, 3.63) is 21.3 Å². The quantitative estimate of drug-likeness (QED) is 0.755. The van der Waals surface area contributed by atoms with Crippen LogP contribution in [0, 0.1) is 0 Å². The van der Waals surface area contributed by atoms with Gasteiger partial charge in [-0.25, -0.2) is 0 Å². The summed E-state index contributed by atoms with van der Waals surface area (Å²) < 4.78 is 0.680. The summed E-state index contributed by atoms with van der Waals surface area (Å²) in [6.45, 7) is 5.96. The van der Waals surface area contributed by atoms with Gasteiger partial charge in [-0.05, 0) is 45.1 Å². The topological polar surface area (TPSA) is 23.6 Å². The number of Topliss-reactive ketones (excluding diaryl/α,β-unsaturated/α-hetero) is 1. The smallest absolute Gasteiger partial charge is 0.186 e. The van der Waals surface area contributed by atoms with E-state index in [4.69, 9.17) is 11.6 Å². The fourth-order valence-electron chi connectivity index (χ4n) is 2.73. The molecule has 1 aromatic heterocycles. The Labute approximate surface area is 124 Å². The van der Waals surface area contributed by atoms with Gasteiger partial charge in [-0.2, -0.15) is 0 Å². The first kappa shape index (κ1) is 15.0. The molecule has 0 aromatic carbocycles. The van der Waals surface area contributed by atoms with Gasteiger partial charge in [0.05, 0.1) is 15.8 Å². The van der Waals surface area contributed by atoms with Crippen LogP contribution in [0.2, 0.25) is 4.34 Å². The lowest BCUT2D eigenvalue weighted by atomic mass is 10.2. The fourth-order valence-corrected chi connectivity index (χ4v) is 3.70. The Morgan fingerprint density at radius 3 is 3.00 bits per heavy atom. The van der Waals surface area contributed by atoms with Gasteiger partial charge in [0.1, 0.15) is 0 Å². The number of carbonyl (C=O) groups is 1. The van der Waals surface area contributed by atoms with E-state index in [1.165, 1.54) is 30.7 Å². The third-order valence-corrected chi connectivity index (χ3v) is 4.96. The van der Waals surface area contributed by atoms with Gasteiger partial charge in [-0.1, -0.05) is 18.5 Å². The molecule has 19 heavy (non-hydrogen) atoms. The first-order valence-corrected chi connectivity index (χ1v) is 8.00. The maximum atomic E-state index is 12.1. The molecule has 0 spiro atoms. The molecule has 1 aliphatic heterocycles. The third-order valence-electron chi connectivity index (χ3n) is 3.69. The van der Waals surface area contributed by atoms with Crippen LogP contribution in [0.15, 0.2) is 12.1 Å². The average molecular weight is 301 g/mol. The van der Waals surface area contributed by atoms with Crippen LogP contribution in [-0.2, 0) is 0 Å². The molecule has 0 amide bonds. The number of halogens is 1. The normalized spacial score (nSPS) is 20.3. The molecule has 2 heterocycles. The maximum absolute atomic E-state index is 12.1. The summed E-state index contributed by atoms with van der Waals surface area (Å²) >= 11 is 7.23. The van der Waals surface area contributed by atoms with Gasteiger partial charge in [0, 0.05) is 12.6 Å². The van der Waals surface area contributed by atoms with Gasteiger partial charge in [0.2, 0.25) is 0 Å². The van der Waals surface area contributed by atoms with Crippen molar-refractivity contribution in [2.24, 2.45) is 0 Å². The zero-order chi connectivity index (χ0) is 13.8. The minimum atomic E-state index is 0.167. The van der Waals surface area contributed by atoms with Gasteiger partial charge >= 0.3 is 0 Å². The minimum Gasteiger partial charge on any atom is -0.299 e. The van der Waals surface area contributed by atoms with E-state index in [0.29, 0.717) is 16.9 Å². The Bertz CT molecular complexity index is 435. The average Bonchev–Trinajstić information content (AvgIpc) is 2.97. The summed E-state index contributed by atoms with van der Waals surface area (Å²) in [6.07, 6.45) is 2.53. The van der Waals surface area contributed by atoms with E-state index in [1.54, 1.807) is 6.07 Å². The Hall–Kier alpha value is -0.420. The van der Waals surface area contributed by atoms with Crippen LogP contribution >= 0.6 is 22.9 Å². The molecule has 1 fully saturated rings. The van der Waals surface area contributed by atoms with Crippen molar-refractivity contribution in [2.45, 2.75) is 25.8 Å². The molecule has 106 valence electrons. The highest BCUT2D eigenvalue weighted by Gasteiger charge is 2.24. The highest BCUT2D eigenvalue weighted by atomic mass is 35.5. The molecule has 1 aliphatic rings. The molecule has 1 unspecified atom stereocenters. The van der Waals surface area contributed by atoms with Crippen LogP contribution < -0.4 is 0 Å². The summed E-state index contributed by atoms with van der Waals surface area (Å²) in [5, 5.41) is 0. The summed E-state index contributed by atoms with van der Waals surface area (Å²) in [5.74, 6) is 0.167. The lowest BCUT2D eigenvalue weighted by Crippen LogP contribution is -2.40. The molecule has 2 rings (SSSR count). The number of rotatable bonds is 6. The molecular formula is C14H21ClN2OS. The van der Waals surface area contributed by atoms with Crippen LogP contribution in [0.5, 0.6) is 0 Å². The minimum absolute atomic E-state index is 0.167. The molecule has 0 radical (unpaired) electrons. The van der Waals surface area contributed by atoms with Crippen molar-refractivity contribution < 1.29 is 4.79 Å². The lowest BCUT2D eigenvalue weighted by molar-refractivity contribution is 0.0933. The molecule has 0 N–H and O–H groups in total. The van der Waals surface area contributed by atoms with E-state index >= 15 is 0 Å². The molecule has 1 saturated heterocycles. The largest absolute Gasteiger partial charge is 0.299 e. The second kappa shape index (κ2) is 6.84. The van der Waals surface area contributed by atoms with E-state index in [1.807, 2.05) is 13.1 Å². The summed E-state index contributed by atoms with van der Waals surface area (Å²) in [5.41, 5.74) is 0. The molecule has 0 saturated carbocycles. The van der Waals surface area contributed by atoms with Crippen LogP contribution in [0.25, 0.3) is 0 Å². The molecule has 0 bridgehead atoms. The Kier molecular flexibility index (Phi) is 5.39. The van der Waals surface area contributed by atoms with Crippen molar-refractivity contribution in [3.8, 4) is 0 Å². The van der Waals surface area contributed by atoms with Gasteiger partial charge in [0.25, 0.3) is 0 Å². The summed E-state index contributed by atoms with van der Waals surface area (Å²) in [4.78, 5) is 17.5. The molecule has 1 aromatic rings. The van der Waals surface area contributed by atoms with Crippen LogP contribution in [0.4, 0.5) is 0 Å². The molecular weight excluding hydrogens is 280 g/mol. The number of ketones is 1. The second-order valence-electron chi connectivity index (χ2n) is 5.15. The number of hydrogen-bond acceptors (Lipinski definition) is 4. The number of likely N-dealkylation sites (N-methyl/N-ethyl adjacent to an activating group) is 2. The van der Waals surface area contributed by atoms with Crippen molar-refractivity contribution in [3.63, 3.8) is 0 Å². The number of hydrogen-bond donors (Lipinski definition) is 0. The predicted molar refractivity (Wildman–Crippen MR) is 81.4 cm³/mol. The van der Waals surface area contributed by atoms with E-state index < -0.39 is 0 Å². The van der Waals surface area contributed by atoms with Crippen LogP contribution in [0.1, 0.15) is 29.4 Å². The van der Waals surface area contributed by atoms with Crippen molar-refractivity contribution in [1.82, 2.24) is 9.80 Å². The van der Waals surface area contributed by atoms with Gasteiger partial charge in [-0.15, -0.1) is 11.3 Å². The van der Waals surface area contributed by atoms with Gasteiger partial charge in [0.15, 0.2) is 5.78 Å². The van der Waals surface area contributed by atoms with E-state index in [0.717, 1.165) is 18.0 Å². The van der Waals surface area contributed by atoms with Crippen LogP contribution in [0.3, 0.4) is 0 Å².